The van der Waals surface area contributed by atoms with Gasteiger partial charge in [-0.05, 0) is 49.6 Å². The van der Waals surface area contributed by atoms with Crippen molar-refractivity contribution < 1.29 is 4.79 Å². The Kier molecular flexibility index (Phi) is 4.18. The average molecular weight is 252 g/mol. The van der Waals surface area contributed by atoms with Crippen molar-refractivity contribution in [1.82, 2.24) is 4.90 Å². The third-order valence-electron chi connectivity index (χ3n) is 3.56. The minimum atomic E-state index is 0.204. The summed E-state index contributed by atoms with van der Waals surface area (Å²) in [6.45, 7) is 4.55. The molecule has 2 rings (SSSR count). The van der Waals surface area contributed by atoms with Crippen LogP contribution < -0.4 is 5.73 Å². The summed E-state index contributed by atoms with van der Waals surface area (Å²) in [5, 5.41) is 4.00. The fourth-order valence-corrected chi connectivity index (χ4v) is 3.23. The summed E-state index contributed by atoms with van der Waals surface area (Å²) in [7, 11) is 0. The van der Waals surface area contributed by atoms with Gasteiger partial charge < -0.3 is 10.6 Å². The highest BCUT2D eigenvalue weighted by Gasteiger charge is 2.24. The van der Waals surface area contributed by atoms with E-state index in [1.807, 2.05) is 22.6 Å². The Bertz CT molecular complexity index is 381. The fraction of sp³-hybridized carbons (Fsp3) is 0.615. The lowest BCUT2D eigenvalue weighted by molar-refractivity contribution is 0.0688. The van der Waals surface area contributed by atoms with E-state index < -0.39 is 0 Å². The summed E-state index contributed by atoms with van der Waals surface area (Å²) in [4.78, 5) is 14.2. The molecular formula is C13H20N2OS. The van der Waals surface area contributed by atoms with Gasteiger partial charge in [0.15, 0.2) is 0 Å². The van der Waals surface area contributed by atoms with Crippen LogP contribution in [-0.4, -0.2) is 30.4 Å². The summed E-state index contributed by atoms with van der Waals surface area (Å²) in [5.41, 5.74) is 7.55. The first-order valence-electron chi connectivity index (χ1n) is 6.24. The molecule has 0 radical (unpaired) electrons. The molecule has 1 aromatic heterocycles. The molecule has 2 N–H and O–H groups in total. The van der Waals surface area contributed by atoms with Crippen molar-refractivity contribution in [2.45, 2.75) is 26.2 Å². The minimum Gasteiger partial charge on any atom is -0.339 e. The zero-order valence-electron chi connectivity index (χ0n) is 10.3. The summed E-state index contributed by atoms with van der Waals surface area (Å²) in [5.74, 6) is 0.919. The smallest absolute Gasteiger partial charge is 0.254 e. The van der Waals surface area contributed by atoms with Gasteiger partial charge in [0.25, 0.3) is 5.91 Å². The third kappa shape index (κ3) is 2.87. The predicted molar refractivity (Wildman–Crippen MR) is 71.4 cm³/mol. The van der Waals surface area contributed by atoms with E-state index in [4.69, 9.17) is 5.73 Å². The Morgan fingerprint density at radius 1 is 1.47 bits per heavy atom. The van der Waals surface area contributed by atoms with E-state index >= 15 is 0 Å². The molecule has 3 nitrogen and oxygen atoms in total. The Labute approximate surface area is 107 Å². The number of carbonyl (C=O) groups is 1. The molecule has 0 aromatic carbocycles. The fourth-order valence-electron chi connectivity index (χ4n) is 2.41. The van der Waals surface area contributed by atoms with Crippen LogP contribution in [0.25, 0.3) is 0 Å². The number of rotatable bonds is 3. The number of likely N-dealkylation sites (tertiary alicyclic amines) is 1. The number of thiophene rings is 1. The molecule has 1 fully saturated rings. The first-order chi connectivity index (χ1) is 8.22. The first-order valence-corrected chi connectivity index (χ1v) is 7.18. The van der Waals surface area contributed by atoms with Crippen LogP contribution in [0, 0.1) is 12.8 Å². The molecule has 2 heterocycles. The van der Waals surface area contributed by atoms with E-state index in [0.29, 0.717) is 5.92 Å². The lowest BCUT2D eigenvalue weighted by atomic mass is 9.93. The molecule has 0 spiro atoms. The van der Waals surface area contributed by atoms with Crippen LogP contribution >= 0.6 is 11.3 Å². The Balaban J connectivity index is 1.93. The van der Waals surface area contributed by atoms with E-state index in [1.165, 1.54) is 0 Å². The maximum Gasteiger partial charge on any atom is 0.254 e. The number of hydrogen-bond acceptors (Lipinski definition) is 3. The molecule has 94 valence electrons. The molecule has 0 atom stereocenters. The monoisotopic (exact) mass is 252 g/mol. The normalized spacial score (nSPS) is 17.4. The van der Waals surface area contributed by atoms with Gasteiger partial charge in [0.2, 0.25) is 0 Å². The number of carbonyl (C=O) groups excluding carboxylic acids is 1. The number of amides is 1. The Morgan fingerprint density at radius 3 is 2.71 bits per heavy atom. The summed E-state index contributed by atoms with van der Waals surface area (Å²) in [6.07, 6.45) is 3.30. The topological polar surface area (TPSA) is 46.3 Å². The highest BCUT2D eigenvalue weighted by molar-refractivity contribution is 7.08. The Morgan fingerprint density at radius 2 is 2.18 bits per heavy atom. The van der Waals surface area contributed by atoms with E-state index in [0.717, 1.165) is 50.0 Å². The second kappa shape index (κ2) is 5.65. The van der Waals surface area contributed by atoms with Crippen molar-refractivity contribution >= 4 is 17.2 Å². The van der Waals surface area contributed by atoms with E-state index in [1.54, 1.807) is 11.3 Å². The first kappa shape index (κ1) is 12.6. The van der Waals surface area contributed by atoms with Gasteiger partial charge in [-0.25, -0.2) is 0 Å². The van der Waals surface area contributed by atoms with Crippen molar-refractivity contribution in [2.75, 3.05) is 19.6 Å². The van der Waals surface area contributed by atoms with Crippen molar-refractivity contribution in [1.29, 1.82) is 0 Å². The van der Waals surface area contributed by atoms with Crippen LogP contribution in [0.15, 0.2) is 10.8 Å². The van der Waals surface area contributed by atoms with Gasteiger partial charge in [0, 0.05) is 18.5 Å². The maximum absolute atomic E-state index is 12.3. The van der Waals surface area contributed by atoms with E-state index in [-0.39, 0.29) is 5.91 Å². The van der Waals surface area contributed by atoms with Gasteiger partial charge >= 0.3 is 0 Å². The molecule has 1 aromatic rings. The standard InChI is InChI=1S/C13H20N2OS/c1-10-8-17-9-12(10)13(16)15-6-3-11(2-5-14)4-7-15/h8-9,11H,2-7,14H2,1H3. The lowest BCUT2D eigenvalue weighted by Crippen LogP contribution is -2.38. The summed E-state index contributed by atoms with van der Waals surface area (Å²) in [6, 6.07) is 0. The molecule has 1 aliphatic heterocycles. The Hall–Kier alpha value is -0.870. The number of nitrogens with two attached hydrogens (primary N) is 1. The number of piperidine rings is 1. The van der Waals surface area contributed by atoms with Crippen molar-refractivity contribution in [3.8, 4) is 0 Å². The average Bonchev–Trinajstić information content (AvgIpc) is 2.76. The van der Waals surface area contributed by atoms with E-state index in [2.05, 4.69) is 0 Å². The molecule has 0 saturated carbocycles. The predicted octanol–water partition coefficient (Wildman–Crippen LogP) is 2.26. The molecule has 0 aliphatic carbocycles. The highest BCUT2D eigenvalue weighted by Crippen LogP contribution is 2.23. The van der Waals surface area contributed by atoms with Crippen molar-refractivity contribution in [3.63, 3.8) is 0 Å². The van der Waals surface area contributed by atoms with Crippen LogP contribution in [-0.2, 0) is 0 Å². The SMILES string of the molecule is Cc1cscc1C(=O)N1CCC(CCN)CC1. The lowest BCUT2D eigenvalue weighted by Gasteiger charge is -2.31. The van der Waals surface area contributed by atoms with Gasteiger partial charge in [-0.15, -0.1) is 0 Å². The van der Waals surface area contributed by atoms with Crippen LogP contribution in [0.5, 0.6) is 0 Å². The summed E-state index contributed by atoms with van der Waals surface area (Å²) >= 11 is 1.60. The van der Waals surface area contributed by atoms with Crippen LogP contribution in [0.3, 0.4) is 0 Å². The van der Waals surface area contributed by atoms with E-state index in [9.17, 15) is 4.79 Å². The molecule has 1 aliphatic rings. The highest BCUT2D eigenvalue weighted by atomic mass is 32.1. The van der Waals surface area contributed by atoms with Gasteiger partial charge in [-0.3, -0.25) is 4.79 Å². The maximum atomic E-state index is 12.3. The number of aryl methyl sites for hydroxylation is 1. The molecule has 17 heavy (non-hydrogen) atoms. The van der Waals surface area contributed by atoms with Crippen LogP contribution in [0.1, 0.15) is 35.2 Å². The molecule has 1 saturated heterocycles. The molecule has 1 amide bonds. The van der Waals surface area contributed by atoms with Crippen LogP contribution in [0.2, 0.25) is 0 Å². The van der Waals surface area contributed by atoms with Crippen molar-refractivity contribution in [2.24, 2.45) is 11.7 Å². The van der Waals surface area contributed by atoms with Gasteiger partial charge in [-0.1, -0.05) is 0 Å². The minimum absolute atomic E-state index is 0.204. The van der Waals surface area contributed by atoms with Crippen molar-refractivity contribution in [3.05, 3.63) is 21.9 Å². The third-order valence-corrected chi connectivity index (χ3v) is 4.42. The second-order valence-electron chi connectivity index (χ2n) is 4.78. The van der Waals surface area contributed by atoms with Gasteiger partial charge in [-0.2, -0.15) is 11.3 Å². The second-order valence-corrected chi connectivity index (χ2v) is 5.52. The quantitative estimate of drug-likeness (QED) is 0.897. The van der Waals surface area contributed by atoms with Gasteiger partial charge in [0.1, 0.15) is 0 Å². The number of hydrogen-bond donors (Lipinski definition) is 1. The van der Waals surface area contributed by atoms with Gasteiger partial charge in [0.05, 0.1) is 5.56 Å². The number of nitrogens with zero attached hydrogens (tertiary/aromatic N) is 1. The molecule has 0 unspecified atom stereocenters. The molecule has 4 heteroatoms. The zero-order valence-corrected chi connectivity index (χ0v) is 11.1. The molecular weight excluding hydrogens is 232 g/mol. The zero-order chi connectivity index (χ0) is 12.3. The van der Waals surface area contributed by atoms with Crippen LogP contribution in [0.4, 0.5) is 0 Å². The largest absolute Gasteiger partial charge is 0.339 e. The molecule has 0 bridgehead atoms. The summed E-state index contributed by atoms with van der Waals surface area (Å²) < 4.78 is 0.